The quantitative estimate of drug-likeness (QED) is 0.725. The SMILES string of the molecule is CC1(C)CCC[C@]2(C)C3=C(CC[C@@H]12)C(=O)OC3(O)C(=O)O. The molecule has 0 aromatic rings. The van der Waals surface area contributed by atoms with Gasteiger partial charge in [0.2, 0.25) is 0 Å². The number of carbonyl (C=O) groups is 2. The van der Waals surface area contributed by atoms with Crippen LogP contribution in [0.4, 0.5) is 0 Å². The van der Waals surface area contributed by atoms with Crippen LogP contribution < -0.4 is 0 Å². The number of esters is 1. The van der Waals surface area contributed by atoms with Crippen molar-refractivity contribution in [3.63, 3.8) is 0 Å². The number of aliphatic carboxylic acids is 1. The van der Waals surface area contributed by atoms with E-state index < -0.39 is 23.1 Å². The molecule has 0 aromatic heterocycles. The molecule has 116 valence electrons. The lowest BCUT2D eigenvalue weighted by Crippen LogP contribution is -2.52. The summed E-state index contributed by atoms with van der Waals surface area (Å²) in [6, 6.07) is 0. The Labute approximate surface area is 124 Å². The summed E-state index contributed by atoms with van der Waals surface area (Å²) in [5.41, 5.74) is 0.276. The molecule has 0 bridgehead atoms. The zero-order valence-corrected chi connectivity index (χ0v) is 12.7. The molecule has 3 atom stereocenters. The Hall–Kier alpha value is -1.36. The molecule has 21 heavy (non-hydrogen) atoms. The van der Waals surface area contributed by atoms with Gasteiger partial charge < -0.3 is 14.9 Å². The molecule has 1 aliphatic heterocycles. The molecule has 1 fully saturated rings. The summed E-state index contributed by atoms with van der Waals surface area (Å²) in [6.07, 6.45) is 4.16. The second-order valence-electron chi connectivity index (χ2n) is 7.54. The number of cyclic esters (lactones) is 1. The summed E-state index contributed by atoms with van der Waals surface area (Å²) in [5, 5.41) is 19.9. The molecule has 3 rings (SSSR count). The first-order valence-electron chi connectivity index (χ1n) is 7.56. The van der Waals surface area contributed by atoms with Crippen molar-refractivity contribution in [1.29, 1.82) is 0 Å². The first-order valence-corrected chi connectivity index (χ1v) is 7.56. The molecule has 0 saturated heterocycles. The molecule has 0 radical (unpaired) electrons. The Morgan fingerprint density at radius 2 is 1.95 bits per heavy atom. The molecule has 2 aliphatic carbocycles. The van der Waals surface area contributed by atoms with Crippen molar-refractivity contribution >= 4 is 11.9 Å². The van der Waals surface area contributed by atoms with Gasteiger partial charge >= 0.3 is 17.7 Å². The number of carbonyl (C=O) groups excluding carboxylic acids is 1. The van der Waals surface area contributed by atoms with Gasteiger partial charge in [0.25, 0.3) is 0 Å². The van der Waals surface area contributed by atoms with Crippen molar-refractivity contribution in [2.45, 2.75) is 58.7 Å². The molecule has 3 aliphatic rings. The van der Waals surface area contributed by atoms with E-state index in [1.807, 2.05) is 6.92 Å². The highest BCUT2D eigenvalue weighted by molar-refractivity contribution is 5.99. The van der Waals surface area contributed by atoms with Crippen LogP contribution in [0.3, 0.4) is 0 Å². The third-order valence-corrected chi connectivity index (χ3v) is 5.90. The van der Waals surface area contributed by atoms with E-state index in [2.05, 4.69) is 13.8 Å². The normalized spacial score (nSPS) is 41.3. The van der Waals surface area contributed by atoms with Gasteiger partial charge in [-0.3, -0.25) is 0 Å². The summed E-state index contributed by atoms with van der Waals surface area (Å²) in [4.78, 5) is 23.5. The zero-order chi connectivity index (χ0) is 15.6. The van der Waals surface area contributed by atoms with Gasteiger partial charge in [-0.2, -0.15) is 0 Å². The minimum absolute atomic E-state index is 0.0661. The lowest BCUT2D eigenvalue weighted by molar-refractivity contribution is -0.208. The van der Waals surface area contributed by atoms with Gasteiger partial charge in [-0.15, -0.1) is 0 Å². The number of rotatable bonds is 1. The molecule has 2 N–H and O–H groups in total. The third-order valence-electron chi connectivity index (χ3n) is 5.90. The molecule has 1 unspecified atom stereocenters. The smallest absolute Gasteiger partial charge is 0.382 e. The van der Waals surface area contributed by atoms with E-state index in [4.69, 9.17) is 4.74 Å². The van der Waals surface area contributed by atoms with Gasteiger partial charge in [-0.25, -0.2) is 9.59 Å². The predicted octanol–water partition coefficient (Wildman–Crippen LogP) is 2.24. The maximum atomic E-state index is 12.0. The van der Waals surface area contributed by atoms with Crippen molar-refractivity contribution in [3.8, 4) is 0 Å². The molecule has 1 saturated carbocycles. The van der Waals surface area contributed by atoms with E-state index in [9.17, 15) is 19.8 Å². The lowest BCUT2D eigenvalue weighted by atomic mass is 9.49. The van der Waals surface area contributed by atoms with Gasteiger partial charge in [0.05, 0.1) is 0 Å². The maximum Gasteiger partial charge on any atom is 0.382 e. The third kappa shape index (κ3) is 1.73. The molecule has 0 amide bonds. The number of carboxylic acid groups (broad SMARTS) is 1. The molecule has 5 heteroatoms. The molecule has 1 heterocycles. The molecular weight excluding hydrogens is 272 g/mol. The van der Waals surface area contributed by atoms with Gasteiger partial charge in [0, 0.05) is 11.1 Å². The standard InChI is InChI=1S/C16H22O5/c1-14(2)7-4-8-15(3)10(14)6-5-9-11(15)16(20,13(18)19)21-12(9)17/h10,20H,4-8H2,1-3H3,(H,18,19)/t10-,15-,16?/m0/s1. The van der Waals surface area contributed by atoms with E-state index in [0.717, 1.165) is 25.7 Å². The predicted molar refractivity (Wildman–Crippen MR) is 74.2 cm³/mol. The second kappa shape index (κ2) is 4.09. The number of aliphatic hydroxyl groups is 1. The van der Waals surface area contributed by atoms with Crippen LogP contribution in [-0.2, 0) is 14.3 Å². The minimum Gasteiger partial charge on any atom is -0.476 e. The number of hydrogen-bond acceptors (Lipinski definition) is 4. The number of fused-ring (bicyclic) bond motifs is 2. The topological polar surface area (TPSA) is 83.8 Å². The van der Waals surface area contributed by atoms with E-state index in [1.165, 1.54) is 0 Å². The van der Waals surface area contributed by atoms with Crippen LogP contribution in [0.25, 0.3) is 0 Å². The van der Waals surface area contributed by atoms with Crippen LogP contribution in [0.5, 0.6) is 0 Å². The van der Waals surface area contributed by atoms with Crippen LogP contribution in [-0.4, -0.2) is 27.9 Å². The fourth-order valence-corrected chi connectivity index (χ4v) is 5.08. The fourth-order valence-electron chi connectivity index (χ4n) is 5.08. The molecule has 0 spiro atoms. The average molecular weight is 294 g/mol. The first kappa shape index (κ1) is 14.6. The summed E-state index contributed by atoms with van der Waals surface area (Å²) in [5.74, 6) is -4.39. The number of ether oxygens (including phenoxy) is 1. The highest BCUT2D eigenvalue weighted by Gasteiger charge is 2.64. The highest BCUT2D eigenvalue weighted by Crippen LogP contribution is 2.63. The van der Waals surface area contributed by atoms with Gasteiger partial charge in [0.1, 0.15) is 0 Å². The first-order chi connectivity index (χ1) is 9.63. The van der Waals surface area contributed by atoms with Crippen molar-refractivity contribution in [2.75, 3.05) is 0 Å². The average Bonchev–Trinajstić information content (AvgIpc) is 2.62. The van der Waals surface area contributed by atoms with Crippen LogP contribution in [0.15, 0.2) is 11.1 Å². The van der Waals surface area contributed by atoms with Gasteiger partial charge in [-0.05, 0) is 42.4 Å². The largest absolute Gasteiger partial charge is 0.476 e. The zero-order valence-electron chi connectivity index (χ0n) is 12.7. The van der Waals surface area contributed by atoms with E-state index >= 15 is 0 Å². The Morgan fingerprint density at radius 1 is 1.29 bits per heavy atom. The van der Waals surface area contributed by atoms with E-state index in [0.29, 0.717) is 17.6 Å². The Morgan fingerprint density at radius 3 is 2.57 bits per heavy atom. The number of hydrogen-bond donors (Lipinski definition) is 2. The molecule has 0 aromatic carbocycles. The molecule has 5 nitrogen and oxygen atoms in total. The van der Waals surface area contributed by atoms with Crippen LogP contribution in [0.1, 0.15) is 52.9 Å². The Balaban J connectivity index is 2.18. The van der Waals surface area contributed by atoms with Crippen molar-refractivity contribution in [1.82, 2.24) is 0 Å². The summed E-state index contributed by atoms with van der Waals surface area (Å²) in [7, 11) is 0. The summed E-state index contributed by atoms with van der Waals surface area (Å²) in [6.45, 7) is 6.37. The second-order valence-corrected chi connectivity index (χ2v) is 7.54. The minimum atomic E-state index is -2.48. The van der Waals surface area contributed by atoms with E-state index in [1.54, 1.807) is 0 Å². The van der Waals surface area contributed by atoms with Crippen molar-refractivity contribution in [3.05, 3.63) is 11.1 Å². The van der Waals surface area contributed by atoms with Gasteiger partial charge in [0.15, 0.2) is 0 Å². The van der Waals surface area contributed by atoms with Crippen molar-refractivity contribution < 1.29 is 24.5 Å². The van der Waals surface area contributed by atoms with Crippen LogP contribution in [0.2, 0.25) is 0 Å². The molecular formula is C16H22O5. The fraction of sp³-hybridized carbons (Fsp3) is 0.750. The van der Waals surface area contributed by atoms with Crippen LogP contribution >= 0.6 is 0 Å². The Kier molecular flexibility index (Phi) is 2.84. The van der Waals surface area contributed by atoms with Gasteiger partial charge in [-0.1, -0.05) is 27.2 Å². The lowest BCUT2D eigenvalue weighted by Gasteiger charge is -2.54. The highest BCUT2D eigenvalue weighted by atomic mass is 16.7. The Bertz CT molecular complexity index is 561. The summed E-state index contributed by atoms with van der Waals surface area (Å²) >= 11 is 0. The van der Waals surface area contributed by atoms with Crippen LogP contribution in [0, 0.1) is 16.7 Å². The monoisotopic (exact) mass is 294 g/mol. The summed E-state index contributed by atoms with van der Waals surface area (Å²) < 4.78 is 4.88. The maximum absolute atomic E-state index is 12.0. The van der Waals surface area contributed by atoms with Crippen molar-refractivity contribution in [2.24, 2.45) is 16.7 Å². The van der Waals surface area contributed by atoms with E-state index in [-0.39, 0.29) is 11.3 Å². The number of carboxylic acids is 1.